The first kappa shape index (κ1) is 15.7. The van der Waals surface area contributed by atoms with Crippen LogP contribution in [0.3, 0.4) is 0 Å². The molecule has 112 valence electrons. The van der Waals surface area contributed by atoms with Gasteiger partial charge in [-0.2, -0.15) is 0 Å². The predicted octanol–water partition coefficient (Wildman–Crippen LogP) is 4.12. The molecule has 2 rings (SSSR count). The van der Waals surface area contributed by atoms with Crippen LogP contribution < -0.4 is 0 Å². The third-order valence-corrected chi connectivity index (χ3v) is 3.12. The van der Waals surface area contributed by atoms with Crippen molar-refractivity contribution in [1.82, 2.24) is 0 Å². The first-order chi connectivity index (χ1) is 10.6. The van der Waals surface area contributed by atoms with Crippen LogP contribution in [-0.4, -0.2) is 17.5 Å². The van der Waals surface area contributed by atoms with Gasteiger partial charge in [0.2, 0.25) is 0 Å². The van der Waals surface area contributed by atoms with E-state index in [0.29, 0.717) is 0 Å². The first-order valence-electron chi connectivity index (χ1n) is 6.40. The molecule has 0 fully saturated rings. The lowest BCUT2D eigenvalue weighted by Gasteiger charge is -2.04. The number of halogens is 1. The van der Waals surface area contributed by atoms with Gasteiger partial charge in [0.1, 0.15) is 6.61 Å². The Morgan fingerprint density at radius 3 is 2.59 bits per heavy atom. The Bertz CT molecular complexity index is 713. The van der Waals surface area contributed by atoms with Crippen molar-refractivity contribution in [3.8, 4) is 0 Å². The maximum absolute atomic E-state index is 11.8. The van der Waals surface area contributed by atoms with Gasteiger partial charge in [0.25, 0.3) is 5.69 Å². The number of nitro groups is 1. The number of ether oxygens (including phenoxy) is 1. The highest BCUT2D eigenvalue weighted by molar-refractivity contribution is 6.33. The zero-order chi connectivity index (χ0) is 15.9. The van der Waals surface area contributed by atoms with E-state index in [1.54, 1.807) is 6.08 Å². The highest BCUT2D eigenvalue weighted by atomic mass is 35.5. The zero-order valence-corrected chi connectivity index (χ0v) is 12.2. The molecule has 0 N–H and O–H groups in total. The van der Waals surface area contributed by atoms with E-state index in [-0.39, 0.29) is 22.9 Å². The van der Waals surface area contributed by atoms with E-state index in [4.69, 9.17) is 16.3 Å². The minimum absolute atomic E-state index is 0.00811. The van der Waals surface area contributed by atoms with Gasteiger partial charge in [0.15, 0.2) is 0 Å². The molecule has 0 heterocycles. The van der Waals surface area contributed by atoms with Crippen LogP contribution in [0.2, 0.25) is 5.02 Å². The van der Waals surface area contributed by atoms with Gasteiger partial charge >= 0.3 is 5.97 Å². The molecule has 0 saturated heterocycles. The second-order valence-corrected chi connectivity index (χ2v) is 4.74. The number of carbonyl (C=O) groups is 1. The topological polar surface area (TPSA) is 69.4 Å². The Kier molecular flexibility index (Phi) is 5.27. The molecule has 0 aliphatic heterocycles. The minimum Gasteiger partial charge on any atom is -0.458 e. The van der Waals surface area contributed by atoms with E-state index < -0.39 is 10.9 Å². The molecule has 0 spiro atoms. The molecule has 0 amide bonds. The SMILES string of the molecule is O=C(OC/C=C/c1ccccc1)c1ccc([N+](=O)[O-])cc1Cl. The summed E-state index contributed by atoms with van der Waals surface area (Å²) in [5, 5.41) is 10.6. The molecular weight excluding hydrogens is 306 g/mol. The molecule has 0 aliphatic carbocycles. The highest BCUT2D eigenvalue weighted by Crippen LogP contribution is 2.23. The maximum Gasteiger partial charge on any atom is 0.339 e. The van der Waals surface area contributed by atoms with Gasteiger partial charge in [-0.1, -0.05) is 48.0 Å². The van der Waals surface area contributed by atoms with Crippen molar-refractivity contribution in [1.29, 1.82) is 0 Å². The summed E-state index contributed by atoms with van der Waals surface area (Å²) < 4.78 is 5.05. The van der Waals surface area contributed by atoms with Crippen molar-refractivity contribution >= 4 is 29.3 Å². The molecule has 0 atom stereocenters. The van der Waals surface area contributed by atoms with Gasteiger partial charge in [-0.05, 0) is 17.7 Å². The summed E-state index contributed by atoms with van der Waals surface area (Å²) in [5.41, 5.74) is 0.915. The summed E-state index contributed by atoms with van der Waals surface area (Å²) in [6.45, 7) is 0.0844. The number of nitrogens with zero attached hydrogens (tertiary/aromatic N) is 1. The monoisotopic (exact) mass is 317 g/mol. The van der Waals surface area contributed by atoms with E-state index in [0.717, 1.165) is 11.6 Å². The number of hydrogen-bond donors (Lipinski definition) is 0. The van der Waals surface area contributed by atoms with Crippen LogP contribution in [0.1, 0.15) is 15.9 Å². The fourth-order valence-electron chi connectivity index (χ4n) is 1.73. The van der Waals surface area contributed by atoms with E-state index in [9.17, 15) is 14.9 Å². The maximum atomic E-state index is 11.8. The summed E-state index contributed by atoms with van der Waals surface area (Å²) in [7, 11) is 0. The van der Waals surface area contributed by atoms with Crippen LogP contribution in [0.25, 0.3) is 6.08 Å². The van der Waals surface area contributed by atoms with Crippen molar-refractivity contribution < 1.29 is 14.5 Å². The molecule has 5 nitrogen and oxygen atoms in total. The minimum atomic E-state index is -0.627. The molecule has 0 bridgehead atoms. The Balaban J connectivity index is 1.95. The van der Waals surface area contributed by atoms with Gasteiger partial charge in [-0.25, -0.2) is 4.79 Å². The quantitative estimate of drug-likeness (QED) is 0.472. The van der Waals surface area contributed by atoms with E-state index in [2.05, 4.69) is 0 Å². The number of hydrogen-bond acceptors (Lipinski definition) is 4. The van der Waals surface area contributed by atoms with Gasteiger partial charge in [0.05, 0.1) is 15.5 Å². The third-order valence-electron chi connectivity index (χ3n) is 2.80. The van der Waals surface area contributed by atoms with Gasteiger partial charge in [-0.15, -0.1) is 0 Å². The molecule has 2 aromatic carbocycles. The molecule has 22 heavy (non-hydrogen) atoms. The third kappa shape index (κ3) is 4.17. The molecule has 0 saturated carbocycles. The lowest BCUT2D eigenvalue weighted by Crippen LogP contribution is -2.06. The predicted molar refractivity (Wildman–Crippen MR) is 83.9 cm³/mol. The summed E-state index contributed by atoms with van der Waals surface area (Å²) in [5.74, 6) is -0.627. The van der Waals surface area contributed by atoms with Crippen LogP contribution in [0, 0.1) is 10.1 Å². The second kappa shape index (κ2) is 7.38. The summed E-state index contributed by atoms with van der Waals surface area (Å²) in [6.07, 6.45) is 3.53. The Morgan fingerprint density at radius 2 is 1.95 bits per heavy atom. The van der Waals surface area contributed by atoms with E-state index in [1.165, 1.54) is 12.1 Å². The molecular formula is C16H12ClNO4. The van der Waals surface area contributed by atoms with Crippen molar-refractivity contribution in [2.45, 2.75) is 0 Å². The fraction of sp³-hybridized carbons (Fsp3) is 0.0625. The van der Waals surface area contributed by atoms with Crippen molar-refractivity contribution in [3.05, 3.63) is 80.9 Å². The van der Waals surface area contributed by atoms with Crippen LogP contribution in [-0.2, 0) is 4.74 Å². The summed E-state index contributed by atoms with van der Waals surface area (Å²) >= 11 is 5.85. The average Bonchev–Trinajstić information content (AvgIpc) is 2.52. The second-order valence-electron chi connectivity index (χ2n) is 4.33. The van der Waals surface area contributed by atoms with E-state index >= 15 is 0 Å². The van der Waals surface area contributed by atoms with Crippen molar-refractivity contribution in [3.63, 3.8) is 0 Å². The number of esters is 1. The first-order valence-corrected chi connectivity index (χ1v) is 6.78. The molecule has 2 aromatic rings. The fourth-order valence-corrected chi connectivity index (χ4v) is 1.98. The van der Waals surface area contributed by atoms with Crippen LogP contribution in [0.4, 0.5) is 5.69 Å². The number of carbonyl (C=O) groups excluding carboxylic acids is 1. The number of non-ortho nitro benzene ring substituents is 1. The van der Waals surface area contributed by atoms with Crippen molar-refractivity contribution in [2.75, 3.05) is 6.61 Å². The lowest BCUT2D eigenvalue weighted by atomic mass is 10.2. The summed E-state index contributed by atoms with van der Waals surface area (Å²) in [6, 6.07) is 13.2. The Morgan fingerprint density at radius 1 is 1.23 bits per heavy atom. The van der Waals surface area contributed by atoms with Gasteiger partial charge < -0.3 is 4.74 Å². The molecule has 0 unspecified atom stereocenters. The Labute approximate surface area is 131 Å². The molecule has 0 aliphatic rings. The van der Waals surface area contributed by atoms with Crippen LogP contribution >= 0.6 is 11.6 Å². The van der Waals surface area contributed by atoms with E-state index in [1.807, 2.05) is 36.4 Å². The smallest absolute Gasteiger partial charge is 0.339 e. The van der Waals surface area contributed by atoms with Gasteiger partial charge in [0, 0.05) is 12.1 Å². The average molecular weight is 318 g/mol. The standard InChI is InChI=1S/C16H12ClNO4/c17-15-11-13(18(20)21)8-9-14(15)16(19)22-10-4-7-12-5-2-1-3-6-12/h1-9,11H,10H2/b7-4+. The number of nitro benzene ring substituents is 1. The molecule has 0 radical (unpaired) electrons. The highest BCUT2D eigenvalue weighted by Gasteiger charge is 2.15. The van der Waals surface area contributed by atoms with Crippen molar-refractivity contribution in [2.24, 2.45) is 0 Å². The van der Waals surface area contributed by atoms with Crippen LogP contribution in [0.15, 0.2) is 54.6 Å². The lowest BCUT2D eigenvalue weighted by molar-refractivity contribution is -0.384. The normalized spacial score (nSPS) is 10.6. The van der Waals surface area contributed by atoms with Crippen LogP contribution in [0.5, 0.6) is 0 Å². The molecule has 6 heteroatoms. The Hall–Kier alpha value is -2.66. The van der Waals surface area contributed by atoms with Gasteiger partial charge in [-0.3, -0.25) is 10.1 Å². The number of rotatable bonds is 5. The molecule has 0 aromatic heterocycles. The zero-order valence-electron chi connectivity index (χ0n) is 11.4. The largest absolute Gasteiger partial charge is 0.458 e. The summed E-state index contributed by atoms with van der Waals surface area (Å²) in [4.78, 5) is 21.9. The number of benzene rings is 2.